The van der Waals surface area contributed by atoms with E-state index < -0.39 is 18.2 Å². The van der Waals surface area contributed by atoms with E-state index in [0.29, 0.717) is 19.3 Å². The second-order valence-corrected chi connectivity index (χ2v) is 18.3. The lowest BCUT2D eigenvalue weighted by atomic mass is 10.0. The van der Waals surface area contributed by atoms with E-state index >= 15 is 0 Å². The first-order chi connectivity index (χ1) is 29.0. The smallest absolute Gasteiger partial charge is 0.306 e. The van der Waals surface area contributed by atoms with Gasteiger partial charge in [0.05, 0.1) is 25.2 Å². The van der Waals surface area contributed by atoms with Gasteiger partial charge in [-0.05, 0) is 51.4 Å². The quantitative estimate of drug-likeness (QED) is 0.0322. The first kappa shape index (κ1) is 57.6. The summed E-state index contributed by atoms with van der Waals surface area (Å²) in [4.78, 5) is 26.1. The van der Waals surface area contributed by atoms with Gasteiger partial charge < -0.3 is 20.3 Å². The van der Waals surface area contributed by atoms with Crippen molar-refractivity contribution >= 4 is 11.9 Å². The second-order valence-electron chi connectivity index (χ2n) is 18.3. The summed E-state index contributed by atoms with van der Waals surface area (Å²) in [7, 11) is 0. The zero-order chi connectivity index (χ0) is 43.1. The Balaban J connectivity index is 4.56. The highest BCUT2D eigenvalue weighted by atomic mass is 16.5. The van der Waals surface area contributed by atoms with Crippen LogP contribution in [0.4, 0.5) is 0 Å². The van der Waals surface area contributed by atoms with Crippen molar-refractivity contribution in [1.29, 1.82) is 0 Å². The van der Waals surface area contributed by atoms with E-state index in [1.807, 2.05) is 0 Å². The van der Waals surface area contributed by atoms with Crippen LogP contribution in [0.3, 0.4) is 0 Å². The molecule has 0 saturated heterocycles. The fraction of sp³-hybridized carbons (Fsp3) is 0.925. The van der Waals surface area contributed by atoms with Crippen LogP contribution in [0.1, 0.15) is 290 Å². The number of amides is 1. The fourth-order valence-electron chi connectivity index (χ4n) is 8.31. The van der Waals surface area contributed by atoms with Crippen molar-refractivity contribution in [2.24, 2.45) is 0 Å². The van der Waals surface area contributed by atoms with Crippen LogP contribution in [0, 0.1) is 0 Å². The SMILES string of the molecule is CCCCCCCC/C=C/CCCCCCCC(CC(=O)NC(CO)C(O)CCCCCCCCCCCCCC)OC(=O)CCCCCCCCCCCCCCC. The minimum absolute atomic E-state index is 0.0789. The number of hydrogen-bond donors (Lipinski definition) is 3. The molecule has 6 nitrogen and oxygen atoms in total. The highest BCUT2D eigenvalue weighted by Crippen LogP contribution is 2.18. The normalized spacial score (nSPS) is 13.2. The van der Waals surface area contributed by atoms with Gasteiger partial charge in [0.15, 0.2) is 0 Å². The monoisotopic (exact) mass is 834 g/mol. The zero-order valence-corrected chi connectivity index (χ0v) is 39.9. The summed E-state index contributed by atoms with van der Waals surface area (Å²) >= 11 is 0. The Hall–Kier alpha value is -1.40. The summed E-state index contributed by atoms with van der Waals surface area (Å²) in [5.41, 5.74) is 0. The standard InChI is InChI=1S/C53H103NO5/c1-4-7-10-13-16-19-22-25-26-28-29-32-35-38-41-44-49(59-53(58)46-43-40-37-34-31-27-23-20-17-14-11-8-5-2)47-52(57)54-50(48-55)51(56)45-42-39-36-33-30-24-21-18-15-12-9-6-3/h25-26,49-51,55-56H,4-24,27-48H2,1-3H3,(H,54,57)/b26-25+. The minimum atomic E-state index is -0.783. The summed E-state index contributed by atoms with van der Waals surface area (Å²) in [6, 6.07) is -0.697. The third-order valence-electron chi connectivity index (χ3n) is 12.3. The molecule has 0 aromatic heterocycles. The molecule has 350 valence electrons. The Morgan fingerprint density at radius 1 is 0.475 bits per heavy atom. The highest BCUT2D eigenvalue weighted by molar-refractivity contribution is 5.77. The van der Waals surface area contributed by atoms with Crippen LogP contribution >= 0.6 is 0 Å². The molecule has 0 saturated carbocycles. The Morgan fingerprint density at radius 2 is 0.814 bits per heavy atom. The van der Waals surface area contributed by atoms with Gasteiger partial charge in [-0.25, -0.2) is 0 Å². The van der Waals surface area contributed by atoms with Crippen molar-refractivity contribution in [3.8, 4) is 0 Å². The van der Waals surface area contributed by atoms with Gasteiger partial charge in [-0.15, -0.1) is 0 Å². The Bertz CT molecular complexity index is 893. The number of hydrogen-bond acceptors (Lipinski definition) is 5. The van der Waals surface area contributed by atoms with Crippen LogP contribution in [-0.4, -0.2) is 46.9 Å². The van der Waals surface area contributed by atoms with E-state index in [0.717, 1.165) is 57.8 Å². The van der Waals surface area contributed by atoms with Crippen molar-refractivity contribution in [3.05, 3.63) is 12.2 Å². The van der Waals surface area contributed by atoms with Gasteiger partial charge in [-0.3, -0.25) is 9.59 Å². The lowest BCUT2D eigenvalue weighted by Gasteiger charge is -2.24. The van der Waals surface area contributed by atoms with Gasteiger partial charge in [0.1, 0.15) is 6.10 Å². The van der Waals surface area contributed by atoms with Crippen LogP contribution in [0.25, 0.3) is 0 Å². The predicted octanol–water partition coefficient (Wildman–Crippen LogP) is 15.7. The van der Waals surface area contributed by atoms with Crippen molar-refractivity contribution in [2.45, 2.75) is 309 Å². The van der Waals surface area contributed by atoms with Gasteiger partial charge in [0.2, 0.25) is 5.91 Å². The van der Waals surface area contributed by atoms with Gasteiger partial charge in [-0.1, -0.05) is 238 Å². The van der Waals surface area contributed by atoms with Crippen molar-refractivity contribution in [2.75, 3.05) is 6.61 Å². The van der Waals surface area contributed by atoms with Gasteiger partial charge >= 0.3 is 5.97 Å². The average Bonchev–Trinajstić information content (AvgIpc) is 3.23. The summed E-state index contributed by atoms with van der Waals surface area (Å²) in [5, 5.41) is 23.8. The molecule has 1 amide bonds. The van der Waals surface area contributed by atoms with Gasteiger partial charge in [-0.2, -0.15) is 0 Å². The van der Waals surface area contributed by atoms with E-state index in [1.165, 1.54) is 186 Å². The number of carbonyl (C=O) groups excluding carboxylic acids is 2. The molecule has 0 aromatic rings. The molecule has 0 spiro atoms. The molecule has 0 aliphatic rings. The second kappa shape index (κ2) is 47.6. The topological polar surface area (TPSA) is 95.9 Å². The third-order valence-corrected chi connectivity index (χ3v) is 12.3. The third kappa shape index (κ3) is 43.1. The van der Waals surface area contributed by atoms with Crippen LogP contribution in [0.2, 0.25) is 0 Å². The maximum Gasteiger partial charge on any atom is 0.306 e. The number of unbranched alkanes of at least 4 members (excludes halogenated alkanes) is 34. The summed E-state index contributed by atoms with van der Waals surface area (Å²) < 4.78 is 5.94. The average molecular weight is 834 g/mol. The molecule has 59 heavy (non-hydrogen) atoms. The molecule has 3 N–H and O–H groups in total. The minimum Gasteiger partial charge on any atom is -0.462 e. The van der Waals surface area contributed by atoms with Gasteiger partial charge in [0.25, 0.3) is 0 Å². The van der Waals surface area contributed by atoms with E-state index in [1.54, 1.807) is 0 Å². The van der Waals surface area contributed by atoms with Crippen LogP contribution in [-0.2, 0) is 14.3 Å². The van der Waals surface area contributed by atoms with E-state index in [4.69, 9.17) is 4.74 Å². The number of ether oxygens (including phenoxy) is 1. The van der Waals surface area contributed by atoms with Gasteiger partial charge in [0, 0.05) is 6.42 Å². The number of allylic oxidation sites excluding steroid dienone is 2. The zero-order valence-electron chi connectivity index (χ0n) is 39.9. The Morgan fingerprint density at radius 3 is 1.20 bits per heavy atom. The van der Waals surface area contributed by atoms with E-state index in [9.17, 15) is 19.8 Å². The number of rotatable bonds is 48. The molecule has 3 unspecified atom stereocenters. The first-order valence-electron chi connectivity index (χ1n) is 26.4. The molecule has 0 bridgehead atoms. The predicted molar refractivity (Wildman–Crippen MR) is 255 cm³/mol. The van der Waals surface area contributed by atoms with Crippen molar-refractivity contribution in [1.82, 2.24) is 5.32 Å². The molecule has 0 aliphatic heterocycles. The number of aliphatic hydroxyl groups excluding tert-OH is 2. The summed E-state index contributed by atoms with van der Waals surface area (Å²) in [5.74, 6) is -0.464. The van der Waals surface area contributed by atoms with Crippen LogP contribution < -0.4 is 5.32 Å². The molecule has 0 aliphatic carbocycles. The van der Waals surface area contributed by atoms with E-state index in [2.05, 4.69) is 38.2 Å². The summed E-state index contributed by atoms with van der Waals surface area (Å²) in [6.07, 6.45) is 52.7. The lowest BCUT2D eigenvalue weighted by Crippen LogP contribution is -2.46. The summed E-state index contributed by atoms with van der Waals surface area (Å²) in [6.45, 7) is 6.50. The Labute approximate surface area is 368 Å². The maximum atomic E-state index is 13.2. The molecule has 0 radical (unpaired) electrons. The number of esters is 1. The molecule has 6 heteroatoms. The molecule has 3 atom stereocenters. The number of nitrogens with one attached hydrogen (secondary N) is 1. The number of aliphatic hydroxyl groups is 2. The van der Waals surface area contributed by atoms with Crippen molar-refractivity contribution < 1.29 is 24.5 Å². The fourth-order valence-corrected chi connectivity index (χ4v) is 8.31. The first-order valence-corrected chi connectivity index (χ1v) is 26.4. The molecular formula is C53H103NO5. The molecule has 0 aromatic carbocycles. The maximum absolute atomic E-state index is 13.2. The van der Waals surface area contributed by atoms with Crippen LogP contribution in [0.15, 0.2) is 12.2 Å². The largest absolute Gasteiger partial charge is 0.462 e. The lowest BCUT2D eigenvalue weighted by molar-refractivity contribution is -0.151. The highest BCUT2D eigenvalue weighted by Gasteiger charge is 2.24. The van der Waals surface area contributed by atoms with Crippen molar-refractivity contribution in [3.63, 3.8) is 0 Å². The Kier molecular flexibility index (Phi) is 46.5. The molecule has 0 fully saturated rings. The molecule has 0 heterocycles. The van der Waals surface area contributed by atoms with E-state index in [-0.39, 0.29) is 24.9 Å². The molecule has 0 rings (SSSR count). The molecular weight excluding hydrogens is 731 g/mol. The number of carbonyl (C=O) groups is 2. The van der Waals surface area contributed by atoms with Crippen LogP contribution in [0.5, 0.6) is 0 Å².